The fraction of sp³-hybridized carbons (Fsp3) is 0.800. The topological polar surface area (TPSA) is 38.1 Å². The van der Waals surface area contributed by atoms with E-state index >= 15 is 0 Å². The summed E-state index contributed by atoms with van der Waals surface area (Å²) in [4.78, 5) is 4.16. The molecule has 1 aromatic rings. The first kappa shape index (κ1) is 16.3. The van der Waals surface area contributed by atoms with E-state index in [0.29, 0.717) is 24.5 Å². The van der Waals surface area contributed by atoms with Crippen LogP contribution in [0.3, 0.4) is 0 Å². The molecule has 0 radical (unpaired) electrons. The third-order valence-corrected chi connectivity index (χ3v) is 4.16. The maximum Gasteiger partial charge on any atom is 0.392 e. The van der Waals surface area contributed by atoms with Gasteiger partial charge in [0.2, 0.25) is 5.89 Å². The molecule has 3 unspecified atom stereocenters. The van der Waals surface area contributed by atoms with Crippen molar-refractivity contribution >= 4 is 0 Å². The largest absolute Gasteiger partial charge is 0.444 e. The monoisotopic (exact) mass is 304 g/mol. The van der Waals surface area contributed by atoms with Gasteiger partial charge in [-0.2, -0.15) is 13.2 Å². The molecule has 0 aliphatic heterocycles. The third kappa shape index (κ3) is 3.99. The summed E-state index contributed by atoms with van der Waals surface area (Å²) < 4.78 is 45.0. The van der Waals surface area contributed by atoms with Gasteiger partial charge in [-0.25, -0.2) is 4.98 Å². The van der Waals surface area contributed by atoms with Crippen LogP contribution in [0, 0.1) is 5.92 Å². The van der Waals surface area contributed by atoms with Gasteiger partial charge in [0.25, 0.3) is 0 Å². The van der Waals surface area contributed by atoms with E-state index < -0.39 is 18.0 Å². The predicted molar refractivity (Wildman–Crippen MR) is 74.0 cm³/mol. The number of nitrogens with one attached hydrogen (secondary N) is 1. The summed E-state index contributed by atoms with van der Waals surface area (Å²) >= 11 is 0. The summed E-state index contributed by atoms with van der Waals surface area (Å²) in [6.45, 7) is 4.79. The van der Waals surface area contributed by atoms with E-state index in [2.05, 4.69) is 17.2 Å². The van der Waals surface area contributed by atoms with Crippen LogP contribution >= 0.6 is 0 Å². The average Bonchev–Trinajstić information content (AvgIpc) is 2.93. The first-order valence-corrected chi connectivity index (χ1v) is 7.69. The molecule has 1 aliphatic carbocycles. The number of halogens is 3. The molecule has 0 saturated heterocycles. The Morgan fingerprint density at radius 3 is 2.76 bits per heavy atom. The van der Waals surface area contributed by atoms with Crippen molar-refractivity contribution in [1.82, 2.24) is 10.3 Å². The van der Waals surface area contributed by atoms with Crippen LogP contribution in [0.15, 0.2) is 10.6 Å². The third-order valence-electron chi connectivity index (χ3n) is 4.16. The summed E-state index contributed by atoms with van der Waals surface area (Å²) in [6, 6.07) is -0.0772. The summed E-state index contributed by atoms with van der Waals surface area (Å²) in [5, 5.41) is 3.23. The molecule has 0 spiro atoms. The van der Waals surface area contributed by atoms with E-state index in [1.807, 2.05) is 6.92 Å². The second-order valence-electron chi connectivity index (χ2n) is 5.82. The molecule has 3 nitrogen and oxygen atoms in total. The molecule has 1 N–H and O–H groups in total. The smallest absolute Gasteiger partial charge is 0.392 e. The summed E-state index contributed by atoms with van der Waals surface area (Å²) in [5.74, 6) is -1.02. The standard InChI is InChI=1S/C15H23F3N2O/c1-3-8-19-10(2)14-20-9-13(21-14)11-6-4-5-7-12(11)15(16,17)18/h9-12,19H,3-8H2,1-2H3. The zero-order valence-corrected chi connectivity index (χ0v) is 12.5. The van der Waals surface area contributed by atoms with Crippen LogP contribution in [0.5, 0.6) is 0 Å². The van der Waals surface area contributed by atoms with Gasteiger partial charge in [-0.05, 0) is 32.7 Å². The lowest BCUT2D eigenvalue weighted by atomic mass is 9.77. The van der Waals surface area contributed by atoms with E-state index in [4.69, 9.17) is 4.42 Å². The van der Waals surface area contributed by atoms with Crippen LogP contribution in [-0.2, 0) is 0 Å². The molecule has 21 heavy (non-hydrogen) atoms. The van der Waals surface area contributed by atoms with Gasteiger partial charge in [-0.1, -0.05) is 19.8 Å². The molecule has 1 saturated carbocycles. The predicted octanol–water partition coefficient (Wildman–Crippen LogP) is 4.57. The minimum absolute atomic E-state index is 0.0772. The van der Waals surface area contributed by atoms with E-state index in [9.17, 15) is 13.2 Å². The number of alkyl halides is 3. The Hall–Kier alpha value is -1.04. The highest BCUT2D eigenvalue weighted by Crippen LogP contribution is 2.46. The van der Waals surface area contributed by atoms with Crippen LogP contribution in [-0.4, -0.2) is 17.7 Å². The zero-order chi connectivity index (χ0) is 15.5. The van der Waals surface area contributed by atoms with Gasteiger partial charge in [-0.15, -0.1) is 0 Å². The second kappa shape index (κ2) is 6.81. The fourth-order valence-corrected chi connectivity index (χ4v) is 2.98. The zero-order valence-electron chi connectivity index (χ0n) is 12.5. The molecule has 120 valence electrons. The second-order valence-corrected chi connectivity index (χ2v) is 5.82. The molecule has 3 atom stereocenters. The van der Waals surface area contributed by atoms with E-state index in [0.717, 1.165) is 19.4 Å². The van der Waals surface area contributed by atoms with Crippen LogP contribution in [0.1, 0.15) is 69.6 Å². The highest BCUT2D eigenvalue weighted by atomic mass is 19.4. The van der Waals surface area contributed by atoms with Crippen molar-refractivity contribution < 1.29 is 17.6 Å². The highest BCUT2D eigenvalue weighted by Gasteiger charge is 2.47. The van der Waals surface area contributed by atoms with Crippen molar-refractivity contribution in [3.8, 4) is 0 Å². The molecule has 2 rings (SSSR count). The highest BCUT2D eigenvalue weighted by molar-refractivity contribution is 5.08. The maximum absolute atomic E-state index is 13.1. The van der Waals surface area contributed by atoms with Crippen molar-refractivity contribution in [2.75, 3.05) is 6.54 Å². The van der Waals surface area contributed by atoms with E-state index in [-0.39, 0.29) is 12.5 Å². The van der Waals surface area contributed by atoms with Crippen LogP contribution in [0.2, 0.25) is 0 Å². The number of oxazole rings is 1. The molecule has 1 aliphatic rings. The van der Waals surface area contributed by atoms with Crippen LogP contribution in [0.4, 0.5) is 13.2 Å². The lowest BCUT2D eigenvalue weighted by Gasteiger charge is -2.31. The van der Waals surface area contributed by atoms with Gasteiger partial charge in [0.1, 0.15) is 5.76 Å². The molecule has 0 bridgehead atoms. The molecule has 1 aromatic heterocycles. The summed E-state index contributed by atoms with van der Waals surface area (Å²) in [6.07, 6.45) is 0.464. The summed E-state index contributed by atoms with van der Waals surface area (Å²) in [7, 11) is 0. The first-order valence-electron chi connectivity index (χ1n) is 7.69. The number of aromatic nitrogens is 1. The quantitative estimate of drug-likeness (QED) is 0.866. The first-order chi connectivity index (χ1) is 9.93. The van der Waals surface area contributed by atoms with Gasteiger partial charge < -0.3 is 9.73 Å². The number of hydrogen-bond acceptors (Lipinski definition) is 3. The van der Waals surface area contributed by atoms with Crippen LogP contribution < -0.4 is 5.32 Å². The van der Waals surface area contributed by atoms with Crippen molar-refractivity contribution in [3.63, 3.8) is 0 Å². The van der Waals surface area contributed by atoms with Crippen molar-refractivity contribution in [3.05, 3.63) is 17.8 Å². The molecular weight excluding hydrogens is 281 g/mol. The molecular formula is C15H23F3N2O. The van der Waals surface area contributed by atoms with Gasteiger partial charge in [0.15, 0.2) is 0 Å². The average molecular weight is 304 g/mol. The van der Waals surface area contributed by atoms with Crippen molar-refractivity contribution in [1.29, 1.82) is 0 Å². The molecule has 1 fully saturated rings. The molecule has 1 heterocycles. The van der Waals surface area contributed by atoms with Gasteiger partial charge >= 0.3 is 6.18 Å². The molecule has 0 aromatic carbocycles. The Morgan fingerprint density at radius 1 is 1.38 bits per heavy atom. The minimum atomic E-state index is -4.16. The maximum atomic E-state index is 13.1. The Morgan fingerprint density at radius 2 is 2.10 bits per heavy atom. The number of rotatable bonds is 5. The Balaban J connectivity index is 2.11. The van der Waals surface area contributed by atoms with Gasteiger partial charge in [-0.3, -0.25) is 0 Å². The number of nitrogens with zero attached hydrogens (tertiary/aromatic N) is 1. The Kier molecular flexibility index (Phi) is 5.30. The fourth-order valence-electron chi connectivity index (χ4n) is 2.98. The van der Waals surface area contributed by atoms with Crippen LogP contribution in [0.25, 0.3) is 0 Å². The normalized spacial score (nSPS) is 25.0. The van der Waals surface area contributed by atoms with Gasteiger partial charge in [0.05, 0.1) is 18.2 Å². The van der Waals surface area contributed by atoms with Crippen molar-refractivity contribution in [2.24, 2.45) is 5.92 Å². The SMILES string of the molecule is CCCNC(C)c1ncc(C2CCCCC2C(F)(F)F)o1. The Labute approximate surface area is 123 Å². The lowest BCUT2D eigenvalue weighted by Crippen LogP contribution is -2.31. The number of hydrogen-bond donors (Lipinski definition) is 1. The van der Waals surface area contributed by atoms with Gasteiger partial charge in [0, 0.05) is 5.92 Å². The lowest BCUT2D eigenvalue weighted by molar-refractivity contribution is -0.188. The van der Waals surface area contributed by atoms with E-state index in [1.54, 1.807) is 0 Å². The molecule has 0 amide bonds. The molecule has 6 heteroatoms. The van der Waals surface area contributed by atoms with Crippen molar-refractivity contribution in [2.45, 2.75) is 64.1 Å². The van der Waals surface area contributed by atoms with E-state index in [1.165, 1.54) is 6.20 Å². The minimum Gasteiger partial charge on any atom is -0.444 e. The Bertz CT molecular complexity index is 444. The summed E-state index contributed by atoms with van der Waals surface area (Å²) in [5.41, 5.74) is 0.